The van der Waals surface area contributed by atoms with Gasteiger partial charge >= 0.3 is 0 Å². The summed E-state index contributed by atoms with van der Waals surface area (Å²) in [6.07, 6.45) is 2.36. The van der Waals surface area contributed by atoms with E-state index in [0.717, 1.165) is 5.56 Å². The lowest BCUT2D eigenvalue weighted by molar-refractivity contribution is 0.0935. The molecular formula is C21H25NO4. The first-order valence-electron chi connectivity index (χ1n) is 8.86. The van der Waals surface area contributed by atoms with Gasteiger partial charge in [0.1, 0.15) is 6.61 Å². The van der Waals surface area contributed by atoms with E-state index in [1.165, 1.54) is 12.8 Å². The molecule has 1 fully saturated rings. The molecule has 0 bridgehead atoms. The van der Waals surface area contributed by atoms with Gasteiger partial charge in [0.25, 0.3) is 5.91 Å². The van der Waals surface area contributed by atoms with Gasteiger partial charge in [-0.15, -0.1) is 0 Å². The normalized spacial score (nSPS) is 14.4. The predicted molar refractivity (Wildman–Crippen MR) is 100.0 cm³/mol. The van der Waals surface area contributed by atoms with Crippen LogP contribution in [0.3, 0.4) is 0 Å². The summed E-state index contributed by atoms with van der Waals surface area (Å²) in [5.41, 5.74) is 1.54. The Morgan fingerprint density at radius 1 is 1.12 bits per heavy atom. The van der Waals surface area contributed by atoms with Gasteiger partial charge in [-0.3, -0.25) is 4.79 Å². The molecule has 0 radical (unpaired) electrons. The molecule has 2 aromatic carbocycles. The number of ether oxygens (including phenoxy) is 3. The van der Waals surface area contributed by atoms with Gasteiger partial charge in [0.15, 0.2) is 11.5 Å². The van der Waals surface area contributed by atoms with Gasteiger partial charge in [-0.25, -0.2) is 0 Å². The molecule has 1 atom stereocenters. The molecule has 138 valence electrons. The summed E-state index contributed by atoms with van der Waals surface area (Å²) >= 11 is 0. The topological polar surface area (TPSA) is 56.8 Å². The van der Waals surface area contributed by atoms with Gasteiger partial charge in [0.05, 0.1) is 14.2 Å². The lowest BCUT2D eigenvalue weighted by atomic mass is 10.1. The average Bonchev–Trinajstić information content (AvgIpc) is 3.51. The maximum Gasteiger partial charge on any atom is 0.251 e. The van der Waals surface area contributed by atoms with Crippen molar-refractivity contribution in [2.75, 3.05) is 14.2 Å². The molecule has 0 unspecified atom stereocenters. The lowest BCUT2D eigenvalue weighted by Gasteiger charge is -2.17. The number of hydrogen-bond acceptors (Lipinski definition) is 4. The van der Waals surface area contributed by atoms with Crippen LogP contribution in [0.15, 0.2) is 42.5 Å². The highest BCUT2D eigenvalue weighted by atomic mass is 16.5. The summed E-state index contributed by atoms with van der Waals surface area (Å²) in [4.78, 5) is 12.6. The number of carbonyl (C=O) groups is 1. The molecule has 1 aliphatic carbocycles. The van der Waals surface area contributed by atoms with Crippen LogP contribution in [0.4, 0.5) is 0 Å². The smallest absolute Gasteiger partial charge is 0.251 e. The molecule has 1 amide bonds. The van der Waals surface area contributed by atoms with E-state index in [9.17, 15) is 4.79 Å². The van der Waals surface area contributed by atoms with Gasteiger partial charge in [0, 0.05) is 11.6 Å². The molecule has 1 N–H and O–H groups in total. The molecule has 0 aliphatic heterocycles. The molecule has 0 heterocycles. The molecule has 5 heteroatoms. The fraction of sp³-hybridized carbons (Fsp3) is 0.381. The van der Waals surface area contributed by atoms with Crippen LogP contribution in [0, 0.1) is 5.92 Å². The number of carbonyl (C=O) groups excluding carboxylic acids is 1. The second-order valence-corrected chi connectivity index (χ2v) is 6.58. The maximum absolute atomic E-state index is 12.6. The molecule has 1 saturated carbocycles. The first kappa shape index (κ1) is 18.1. The molecule has 0 spiro atoms. The molecule has 3 rings (SSSR count). The minimum atomic E-state index is -0.129. The largest absolute Gasteiger partial charge is 0.493 e. The zero-order valence-corrected chi connectivity index (χ0v) is 15.5. The van der Waals surface area contributed by atoms with Gasteiger partial charge in [-0.2, -0.15) is 0 Å². The predicted octanol–water partition coefficient (Wildman–Crippen LogP) is 3.81. The minimum Gasteiger partial charge on any atom is -0.493 e. The number of amides is 1. The van der Waals surface area contributed by atoms with E-state index in [0.29, 0.717) is 35.3 Å². The van der Waals surface area contributed by atoms with Crippen LogP contribution in [0.25, 0.3) is 0 Å². The van der Waals surface area contributed by atoms with Crippen LogP contribution in [-0.2, 0) is 6.61 Å². The standard InChI is InChI=1S/C21H25NO4/c1-14(16-9-10-16)22-21(23)17-11-18(24-2)20(19(12-17)25-3)26-13-15-7-5-4-6-8-15/h4-8,11-12,14,16H,9-10,13H2,1-3H3,(H,22,23)/t14-/m1/s1. The highest BCUT2D eigenvalue weighted by Crippen LogP contribution is 2.39. The van der Waals surface area contributed by atoms with Crippen molar-refractivity contribution in [1.29, 1.82) is 0 Å². The molecule has 1 aliphatic rings. The van der Waals surface area contributed by atoms with Crippen LogP contribution in [0.2, 0.25) is 0 Å². The molecule has 0 saturated heterocycles. The van der Waals surface area contributed by atoms with Gasteiger partial charge < -0.3 is 19.5 Å². The number of rotatable bonds is 8. The third-order valence-electron chi connectivity index (χ3n) is 4.64. The highest BCUT2D eigenvalue weighted by molar-refractivity contribution is 5.95. The Morgan fingerprint density at radius 2 is 1.73 bits per heavy atom. The lowest BCUT2D eigenvalue weighted by Crippen LogP contribution is -2.34. The summed E-state index contributed by atoms with van der Waals surface area (Å²) in [7, 11) is 3.11. The van der Waals surface area contributed by atoms with Crippen molar-refractivity contribution in [2.24, 2.45) is 5.92 Å². The van der Waals surface area contributed by atoms with E-state index in [-0.39, 0.29) is 11.9 Å². The average molecular weight is 355 g/mol. The highest BCUT2D eigenvalue weighted by Gasteiger charge is 2.29. The van der Waals surface area contributed by atoms with Crippen molar-refractivity contribution in [3.05, 3.63) is 53.6 Å². The molecule has 26 heavy (non-hydrogen) atoms. The Kier molecular flexibility index (Phi) is 5.66. The Hall–Kier alpha value is -2.69. The van der Waals surface area contributed by atoms with E-state index in [4.69, 9.17) is 14.2 Å². The number of methoxy groups -OCH3 is 2. The van der Waals surface area contributed by atoms with Gasteiger partial charge in [-0.1, -0.05) is 30.3 Å². The van der Waals surface area contributed by atoms with Crippen molar-refractivity contribution < 1.29 is 19.0 Å². The number of nitrogens with one attached hydrogen (secondary N) is 1. The van der Waals surface area contributed by atoms with E-state index < -0.39 is 0 Å². The second kappa shape index (κ2) is 8.13. The fourth-order valence-electron chi connectivity index (χ4n) is 2.89. The van der Waals surface area contributed by atoms with Crippen molar-refractivity contribution in [3.8, 4) is 17.2 Å². The summed E-state index contributed by atoms with van der Waals surface area (Å²) in [5.74, 6) is 1.91. The monoisotopic (exact) mass is 355 g/mol. The second-order valence-electron chi connectivity index (χ2n) is 6.58. The van der Waals surface area contributed by atoms with Crippen LogP contribution in [-0.4, -0.2) is 26.2 Å². The number of benzene rings is 2. The van der Waals surface area contributed by atoms with E-state index in [1.54, 1.807) is 26.4 Å². The Bertz CT molecular complexity index is 731. The Labute approximate surface area is 154 Å². The van der Waals surface area contributed by atoms with Crippen molar-refractivity contribution in [1.82, 2.24) is 5.32 Å². The van der Waals surface area contributed by atoms with E-state index in [1.807, 2.05) is 37.3 Å². The van der Waals surface area contributed by atoms with Crippen LogP contribution >= 0.6 is 0 Å². The summed E-state index contributed by atoms with van der Waals surface area (Å²) < 4.78 is 16.8. The zero-order valence-electron chi connectivity index (χ0n) is 15.5. The maximum atomic E-state index is 12.6. The van der Waals surface area contributed by atoms with E-state index in [2.05, 4.69) is 5.32 Å². The molecule has 5 nitrogen and oxygen atoms in total. The van der Waals surface area contributed by atoms with Crippen LogP contribution in [0.1, 0.15) is 35.7 Å². The SMILES string of the molecule is COc1cc(C(=O)N[C@H](C)C2CC2)cc(OC)c1OCc1ccccc1. The quantitative estimate of drug-likeness (QED) is 0.782. The summed E-state index contributed by atoms with van der Waals surface area (Å²) in [6, 6.07) is 13.4. The summed E-state index contributed by atoms with van der Waals surface area (Å²) in [6.45, 7) is 2.43. The first-order chi connectivity index (χ1) is 12.6. The van der Waals surface area contributed by atoms with Crippen LogP contribution in [0.5, 0.6) is 17.2 Å². The van der Waals surface area contributed by atoms with Crippen molar-refractivity contribution >= 4 is 5.91 Å². The van der Waals surface area contributed by atoms with Crippen molar-refractivity contribution in [3.63, 3.8) is 0 Å². The summed E-state index contributed by atoms with van der Waals surface area (Å²) in [5, 5.41) is 3.05. The fourth-order valence-corrected chi connectivity index (χ4v) is 2.89. The number of hydrogen-bond donors (Lipinski definition) is 1. The molecule has 2 aromatic rings. The van der Waals surface area contributed by atoms with Crippen LogP contribution < -0.4 is 19.5 Å². The third kappa shape index (κ3) is 4.28. The van der Waals surface area contributed by atoms with E-state index >= 15 is 0 Å². The Morgan fingerprint density at radius 3 is 2.27 bits per heavy atom. The third-order valence-corrected chi connectivity index (χ3v) is 4.64. The molecular weight excluding hydrogens is 330 g/mol. The van der Waals surface area contributed by atoms with Crippen molar-refractivity contribution in [2.45, 2.75) is 32.4 Å². The zero-order chi connectivity index (χ0) is 18.5. The first-order valence-corrected chi connectivity index (χ1v) is 8.86. The Balaban J connectivity index is 1.79. The van der Waals surface area contributed by atoms with Gasteiger partial charge in [0.2, 0.25) is 5.75 Å². The molecule has 0 aromatic heterocycles. The minimum absolute atomic E-state index is 0.129. The van der Waals surface area contributed by atoms with Gasteiger partial charge in [-0.05, 0) is 43.4 Å².